The van der Waals surface area contributed by atoms with Crippen LogP contribution in [0.4, 0.5) is 0 Å². The number of hydrogen-bond acceptors (Lipinski definition) is 1. The molecule has 0 aromatic rings. The first-order chi connectivity index (χ1) is 4.68. The van der Waals surface area contributed by atoms with Gasteiger partial charge in [-0.05, 0) is 37.5 Å². The van der Waals surface area contributed by atoms with E-state index in [1.807, 2.05) is 0 Å². The summed E-state index contributed by atoms with van der Waals surface area (Å²) in [6.07, 6.45) is 7.27. The van der Waals surface area contributed by atoms with Gasteiger partial charge in [0.05, 0.1) is 0 Å². The predicted molar refractivity (Wildman–Crippen MR) is 39.7 cm³/mol. The molecule has 2 aliphatic rings. The number of rotatable bonds is 1. The highest BCUT2D eigenvalue weighted by atomic mass is 16.1. The SMILES string of the molecule is CC12CCC(C=O)(CC1)C2. The molecule has 0 radical (unpaired) electrons. The van der Waals surface area contributed by atoms with Crippen molar-refractivity contribution >= 4 is 6.29 Å². The van der Waals surface area contributed by atoms with Crippen LogP contribution in [0.2, 0.25) is 0 Å². The molecule has 0 atom stereocenters. The van der Waals surface area contributed by atoms with Gasteiger partial charge < -0.3 is 4.79 Å². The first-order valence-electron chi connectivity index (χ1n) is 4.15. The van der Waals surface area contributed by atoms with E-state index >= 15 is 0 Å². The lowest BCUT2D eigenvalue weighted by Crippen LogP contribution is -2.14. The lowest BCUT2D eigenvalue weighted by molar-refractivity contribution is -0.115. The molecule has 0 heterocycles. The molecule has 1 nitrogen and oxygen atoms in total. The summed E-state index contributed by atoms with van der Waals surface area (Å²) >= 11 is 0. The highest BCUT2D eigenvalue weighted by molar-refractivity contribution is 5.61. The van der Waals surface area contributed by atoms with Crippen molar-refractivity contribution in [2.45, 2.75) is 39.0 Å². The van der Waals surface area contributed by atoms with E-state index in [0.29, 0.717) is 5.41 Å². The van der Waals surface area contributed by atoms with Crippen LogP contribution in [0.3, 0.4) is 0 Å². The van der Waals surface area contributed by atoms with Crippen molar-refractivity contribution in [3.05, 3.63) is 0 Å². The van der Waals surface area contributed by atoms with Crippen LogP contribution in [-0.4, -0.2) is 6.29 Å². The smallest absolute Gasteiger partial charge is 0.126 e. The van der Waals surface area contributed by atoms with Gasteiger partial charge in [0.15, 0.2) is 0 Å². The molecule has 1 heteroatoms. The molecule has 2 saturated carbocycles. The molecule has 0 spiro atoms. The van der Waals surface area contributed by atoms with Crippen molar-refractivity contribution < 1.29 is 4.79 Å². The molecule has 10 heavy (non-hydrogen) atoms. The fraction of sp³-hybridized carbons (Fsp3) is 0.889. The Kier molecular flexibility index (Phi) is 1.04. The summed E-state index contributed by atoms with van der Waals surface area (Å²) in [7, 11) is 0. The van der Waals surface area contributed by atoms with Gasteiger partial charge in [-0.25, -0.2) is 0 Å². The largest absolute Gasteiger partial charge is 0.303 e. The summed E-state index contributed by atoms with van der Waals surface area (Å²) in [6.45, 7) is 2.32. The van der Waals surface area contributed by atoms with E-state index in [1.165, 1.54) is 25.5 Å². The highest BCUT2D eigenvalue weighted by Crippen LogP contribution is 2.60. The third-order valence-electron chi connectivity index (χ3n) is 3.48. The van der Waals surface area contributed by atoms with Crippen LogP contribution in [0.15, 0.2) is 0 Å². The molecular formula is C9H14O. The first kappa shape index (κ1) is 6.38. The van der Waals surface area contributed by atoms with Crippen LogP contribution in [0.1, 0.15) is 39.0 Å². The van der Waals surface area contributed by atoms with Gasteiger partial charge in [0.2, 0.25) is 0 Å². The van der Waals surface area contributed by atoms with E-state index in [2.05, 4.69) is 6.92 Å². The van der Waals surface area contributed by atoms with Gasteiger partial charge in [0, 0.05) is 5.41 Å². The molecule has 2 aliphatic carbocycles. The molecule has 2 fully saturated rings. The Morgan fingerprint density at radius 1 is 1.20 bits per heavy atom. The number of aldehydes is 1. The summed E-state index contributed by atoms with van der Waals surface area (Å²) in [6, 6.07) is 0. The van der Waals surface area contributed by atoms with E-state index < -0.39 is 0 Å². The van der Waals surface area contributed by atoms with E-state index in [4.69, 9.17) is 0 Å². The second kappa shape index (κ2) is 1.63. The highest BCUT2D eigenvalue weighted by Gasteiger charge is 2.51. The molecule has 0 unspecified atom stereocenters. The van der Waals surface area contributed by atoms with Crippen LogP contribution in [0.25, 0.3) is 0 Å². The monoisotopic (exact) mass is 138 g/mol. The number of hydrogen-bond donors (Lipinski definition) is 0. The standard InChI is InChI=1S/C9H14O/c1-8-2-4-9(6-8,7-10)5-3-8/h7H,2-6H2,1H3. The molecule has 0 saturated heterocycles. The average molecular weight is 138 g/mol. The van der Waals surface area contributed by atoms with Crippen molar-refractivity contribution in [1.29, 1.82) is 0 Å². The summed E-state index contributed by atoms with van der Waals surface area (Å²) in [5, 5.41) is 0. The molecule has 56 valence electrons. The van der Waals surface area contributed by atoms with Gasteiger partial charge >= 0.3 is 0 Å². The maximum atomic E-state index is 10.7. The zero-order chi connectivity index (χ0) is 7.24. The van der Waals surface area contributed by atoms with Crippen LogP contribution in [-0.2, 0) is 4.79 Å². The average Bonchev–Trinajstić information content (AvgIpc) is 2.42. The first-order valence-corrected chi connectivity index (χ1v) is 4.15. The summed E-state index contributed by atoms with van der Waals surface area (Å²) in [5.41, 5.74) is 0.676. The quantitative estimate of drug-likeness (QED) is 0.507. The minimum absolute atomic E-state index is 0.134. The normalized spacial score (nSPS) is 51.7. The maximum Gasteiger partial charge on any atom is 0.126 e. The van der Waals surface area contributed by atoms with Gasteiger partial charge in [-0.3, -0.25) is 0 Å². The van der Waals surface area contributed by atoms with E-state index in [0.717, 1.165) is 12.8 Å². The minimum Gasteiger partial charge on any atom is -0.303 e. The van der Waals surface area contributed by atoms with Crippen LogP contribution < -0.4 is 0 Å². The van der Waals surface area contributed by atoms with E-state index in [9.17, 15) is 4.79 Å². The Morgan fingerprint density at radius 3 is 2.00 bits per heavy atom. The predicted octanol–water partition coefficient (Wildman–Crippen LogP) is 2.16. The molecule has 0 aromatic heterocycles. The Hall–Kier alpha value is -0.330. The van der Waals surface area contributed by atoms with Crippen molar-refractivity contribution in [3.63, 3.8) is 0 Å². The van der Waals surface area contributed by atoms with Crippen LogP contribution >= 0.6 is 0 Å². The van der Waals surface area contributed by atoms with Crippen molar-refractivity contribution in [3.8, 4) is 0 Å². The minimum atomic E-state index is 0.134. The third kappa shape index (κ3) is 0.664. The second-order valence-corrected chi connectivity index (χ2v) is 4.47. The maximum absolute atomic E-state index is 10.7. The van der Waals surface area contributed by atoms with Gasteiger partial charge in [0.25, 0.3) is 0 Å². The third-order valence-corrected chi connectivity index (χ3v) is 3.48. The lowest BCUT2D eigenvalue weighted by atomic mass is 9.84. The van der Waals surface area contributed by atoms with Crippen molar-refractivity contribution in [1.82, 2.24) is 0 Å². The van der Waals surface area contributed by atoms with E-state index in [-0.39, 0.29) is 5.41 Å². The fourth-order valence-electron chi connectivity index (χ4n) is 2.71. The molecule has 2 rings (SSSR count). The van der Waals surface area contributed by atoms with Gasteiger partial charge in [-0.15, -0.1) is 0 Å². The zero-order valence-corrected chi connectivity index (χ0v) is 6.52. The number of fused-ring (bicyclic) bond motifs is 2. The summed E-state index contributed by atoms with van der Waals surface area (Å²) < 4.78 is 0. The van der Waals surface area contributed by atoms with Gasteiger partial charge in [-0.1, -0.05) is 6.92 Å². The van der Waals surface area contributed by atoms with Crippen molar-refractivity contribution in [2.24, 2.45) is 10.8 Å². The van der Waals surface area contributed by atoms with Crippen molar-refractivity contribution in [2.75, 3.05) is 0 Å². The fourth-order valence-corrected chi connectivity index (χ4v) is 2.71. The number of carbonyl (C=O) groups is 1. The Labute approximate surface area is 61.8 Å². The summed E-state index contributed by atoms with van der Waals surface area (Å²) in [4.78, 5) is 10.7. The topological polar surface area (TPSA) is 17.1 Å². The molecule has 2 bridgehead atoms. The second-order valence-electron chi connectivity index (χ2n) is 4.47. The van der Waals surface area contributed by atoms with E-state index in [1.54, 1.807) is 0 Å². The summed E-state index contributed by atoms with van der Waals surface area (Å²) in [5.74, 6) is 0. The van der Waals surface area contributed by atoms with Crippen LogP contribution in [0.5, 0.6) is 0 Å². The van der Waals surface area contributed by atoms with Gasteiger partial charge in [-0.2, -0.15) is 0 Å². The Bertz CT molecular complexity index is 164. The Balaban J connectivity index is 2.26. The molecular weight excluding hydrogens is 124 g/mol. The molecule has 0 amide bonds. The van der Waals surface area contributed by atoms with Crippen LogP contribution in [0, 0.1) is 10.8 Å². The Morgan fingerprint density at radius 2 is 1.80 bits per heavy atom. The zero-order valence-electron chi connectivity index (χ0n) is 6.52. The number of carbonyl (C=O) groups excluding carboxylic acids is 1. The lowest BCUT2D eigenvalue weighted by Gasteiger charge is -2.20. The molecule has 0 aliphatic heterocycles. The molecule has 0 N–H and O–H groups in total. The van der Waals surface area contributed by atoms with Gasteiger partial charge in [0.1, 0.15) is 6.29 Å². The molecule has 0 aromatic carbocycles.